The molecule has 174 valence electrons. The lowest BCUT2D eigenvalue weighted by atomic mass is 10.1. The number of anilines is 2. The van der Waals surface area contributed by atoms with Crippen molar-refractivity contribution in [3.63, 3.8) is 0 Å². The van der Waals surface area contributed by atoms with E-state index in [0.29, 0.717) is 17.8 Å². The molecule has 0 atom stereocenters. The standard InChI is InChI=1S/C22H19F3N2O5S/c1-33(30,31)20-12-17(8-11-19(20)28)27-21(29)15-4-6-16(7-5-15)26-13-14-2-9-18(10-3-14)32-22(23,24)25/h2-12,26,28H,13H2,1H3,(H,27,29). The van der Waals surface area contributed by atoms with E-state index in [-0.39, 0.29) is 16.3 Å². The lowest BCUT2D eigenvalue weighted by molar-refractivity contribution is -0.274. The van der Waals surface area contributed by atoms with Crippen molar-refractivity contribution in [3.8, 4) is 11.5 Å². The van der Waals surface area contributed by atoms with Crippen molar-refractivity contribution in [2.75, 3.05) is 16.9 Å². The molecule has 0 saturated heterocycles. The Morgan fingerprint density at radius 2 is 1.58 bits per heavy atom. The molecule has 3 N–H and O–H groups in total. The van der Waals surface area contributed by atoms with E-state index in [1.54, 1.807) is 24.3 Å². The van der Waals surface area contributed by atoms with E-state index in [9.17, 15) is 31.5 Å². The average molecular weight is 480 g/mol. The molecule has 0 spiro atoms. The van der Waals surface area contributed by atoms with E-state index in [0.717, 1.165) is 11.8 Å². The summed E-state index contributed by atoms with van der Waals surface area (Å²) in [6, 6.07) is 15.6. The number of hydrogen-bond acceptors (Lipinski definition) is 6. The first-order valence-electron chi connectivity index (χ1n) is 9.44. The molecule has 0 unspecified atom stereocenters. The van der Waals surface area contributed by atoms with Crippen molar-refractivity contribution in [1.82, 2.24) is 0 Å². The maximum Gasteiger partial charge on any atom is 0.573 e. The summed E-state index contributed by atoms with van der Waals surface area (Å²) in [4.78, 5) is 12.2. The van der Waals surface area contributed by atoms with Gasteiger partial charge in [0.15, 0.2) is 9.84 Å². The third kappa shape index (κ3) is 6.88. The molecule has 0 aromatic heterocycles. The zero-order valence-corrected chi connectivity index (χ0v) is 18.0. The Morgan fingerprint density at radius 3 is 2.15 bits per heavy atom. The minimum atomic E-state index is -4.74. The minimum absolute atomic E-state index is 0.207. The highest BCUT2D eigenvalue weighted by Gasteiger charge is 2.30. The van der Waals surface area contributed by atoms with Gasteiger partial charge in [0.25, 0.3) is 5.91 Å². The third-order valence-electron chi connectivity index (χ3n) is 4.42. The van der Waals surface area contributed by atoms with Gasteiger partial charge in [0.05, 0.1) is 0 Å². The molecule has 1 amide bonds. The number of phenols is 1. The summed E-state index contributed by atoms with van der Waals surface area (Å²) >= 11 is 0. The molecule has 11 heteroatoms. The smallest absolute Gasteiger partial charge is 0.507 e. The second-order valence-corrected chi connectivity index (χ2v) is 9.02. The van der Waals surface area contributed by atoms with Gasteiger partial charge in [0.1, 0.15) is 16.4 Å². The number of amides is 1. The molecule has 3 rings (SSSR count). The Balaban J connectivity index is 1.59. The summed E-state index contributed by atoms with van der Waals surface area (Å²) in [6.07, 6.45) is -3.80. The molecule has 0 aliphatic rings. The van der Waals surface area contributed by atoms with E-state index in [1.807, 2.05) is 0 Å². The number of ether oxygens (including phenoxy) is 1. The number of hydrogen-bond donors (Lipinski definition) is 3. The van der Waals surface area contributed by atoms with Gasteiger partial charge < -0.3 is 20.5 Å². The summed E-state index contributed by atoms with van der Waals surface area (Å²) in [6.45, 7) is 0.333. The average Bonchev–Trinajstić information content (AvgIpc) is 2.73. The number of halogens is 3. The molecular formula is C22H19F3N2O5S. The molecule has 3 aromatic carbocycles. The zero-order chi connectivity index (χ0) is 24.2. The van der Waals surface area contributed by atoms with Crippen LogP contribution in [0.15, 0.2) is 71.6 Å². The number of phenolic OH excluding ortho intramolecular Hbond substituents is 1. The summed E-state index contributed by atoms with van der Waals surface area (Å²) in [5.74, 6) is -1.20. The van der Waals surface area contributed by atoms with Crippen LogP contribution in [0.25, 0.3) is 0 Å². The quantitative estimate of drug-likeness (QED) is 0.429. The van der Waals surface area contributed by atoms with Gasteiger partial charge in [-0.25, -0.2) is 8.42 Å². The fourth-order valence-corrected chi connectivity index (χ4v) is 3.63. The first kappa shape index (κ1) is 23.9. The Bertz CT molecular complexity index is 1240. The second-order valence-electron chi connectivity index (χ2n) is 7.03. The molecule has 7 nitrogen and oxygen atoms in total. The summed E-state index contributed by atoms with van der Waals surface area (Å²) < 4.78 is 63.9. The fourth-order valence-electron chi connectivity index (χ4n) is 2.84. The van der Waals surface area contributed by atoms with Crippen LogP contribution in [0.1, 0.15) is 15.9 Å². The number of alkyl halides is 3. The summed E-state index contributed by atoms with van der Waals surface area (Å²) in [5, 5.41) is 15.3. The molecule has 0 bridgehead atoms. The Morgan fingerprint density at radius 1 is 0.970 bits per heavy atom. The summed E-state index contributed by atoms with van der Waals surface area (Å²) in [5.41, 5.74) is 1.91. The van der Waals surface area contributed by atoms with Crippen LogP contribution in [0.4, 0.5) is 24.5 Å². The number of nitrogens with one attached hydrogen (secondary N) is 2. The van der Waals surface area contributed by atoms with Crippen molar-refractivity contribution in [2.45, 2.75) is 17.8 Å². The molecule has 0 aliphatic carbocycles. The summed E-state index contributed by atoms with van der Waals surface area (Å²) in [7, 11) is -3.67. The number of aromatic hydroxyl groups is 1. The van der Waals surface area contributed by atoms with Crippen LogP contribution in [-0.2, 0) is 16.4 Å². The van der Waals surface area contributed by atoms with Crippen molar-refractivity contribution in [2.24, 2.45) is 0 Å². The Kier molecular flexibility index (Phi) is 6.82. The van der Waals surface area contributed by atoms with Gasteiger partial charge in [-0.3, -0.25) is 4.79 Å². The van der Waals surface area contributed by atoms with Crippen molar-refractivity contribution in [3.05, 3.63) is 77.9 Å². The van der Waals surface area contributed by atoms with Gasteiger partial charge in [0.2, 0.25) is 0 Å². The SMILES string of the molecule is CS(=O)(=O)c1cc(NC(=O)c2ccc(NCc3ccc(OC(F)(F)F)cc3)cc2)ccc1O. The number of carbonyl (C=O) groups excluding carboxylic acids is 1. The molecule has 33 heavy (non-hydrogen) atoms. The predicted molar refractivity (Wildman–Crippen MR) is 116 cm³/mol. The van der Waals surface area contributed by atoms with Gasteiger partial charge in [-0.2, -0.15) is 0 Å². The topological polar surface area (TPSA) is 105 Å². The molecule has 0 heterocycles. The maximum atomic E-state index is 12.4. The maximum absolute atomic E-state index is 12.4. The largest absolute Gasteiger partial charge is 0.573 e. The van der Waals surface area contributed by atoms with Crippen LogP contribution in [-0.4, -0.2) is 32.0 Å². The molecule has 0 saturated carbocycles. The lowest BCUT2D eigenvalue weighted by Crippen LogP contribution is -2.17. The fraction of sp³-hybridized carbons (Fsp3) is 0.136. The van der Waals surface area contributed by atoms with Crippen LogP contribution in [0.3, 0.4) is 0 Å². The molecule has 0 aliphatic heterocycles. The Hall–Kier alpha value is -3.73. The Labute approximate surface area is 187 Å². The van der Waals surface area contributed by atoms with Crippen molar-refractivity contribution in [1.29, 1.82) is 0 Å². The third-order valence-corrected chi connectivity index (χ3v) is 5.54. The molecule has 0 radical (unpaired) electrons. The zero-order valence-electron chi connectivity index (χ0n) is 17.2. The van der Waals surface area contributed by atoms with Crippen LogP contribution in [0.2, 0.25) is 0 Å². The van der Waals surface area contributed by atoms with Crippen molar-refractivity contribution < 1.29 is 36.2 Å². The number of benzene rings is 3. The monoisotopic (exact) mass is 480 g/mol. The van der Waals surface area contributed by atoms with E-state index in [4.69, 9.17) is 0 Å². The molecule has 3 aromatic rings. The highest BCUT2D eigenvalue weighted by molar-refractivity contribution is 7.90. The van der Waals surface area contributed by atoms with Crippen LogP contribution >= 0.6 is 0 Å². The number of rotatable bonds is 7. The highest BCUT2D eigenvalue weighted by Crippen LogP contribution is 2.26. The first-order chi connectivity index (χ1) is 15.4. The van der Waals surface area contributed by atoms with Gasteiger partial charge in [-0.15, -0.1) is 13.2 Å². The molecular weight excluding hydrogens is 461 g/mol. The van der Waals surface area contributed by atoms with E-state index < -0.39 is 27.9 Å². The van der Waals surface area contributed by atoms with Crippen LogP contribution in [0.5, 0.6) is 11.5 Å². The number of carbonyl (C=O) groups is 1. The van der Waals surface area contributed by atoms with Crippen molar-refractivity contribution >= 4 is 27.1 Å². The normalized spacial score (nSPS) is 11.6. The van der Waals surface area contributed by atoms with Gasteiger partial charge in [-0.05, 0) is 60.2 Å². The first-order valence-corrected chi connectivity index (χ1v) is 11.3. The predicted octanol–water partition coefficient (Wildman–Crippen LogP) is 4.56. The van der Waals surface area contributed by atoms with Gasteiger partial charge in [0, 0.05) is 29.7 Å². The molecule has 0 fully saturated rings. The van der Waals surface area contributed by atoms with E-state index in [1.165, 1.54) is 42.5 Å². The van der Waals surface area contributed by atoms with Crippen LogP contribution < -0.4 is 15.4 Å². The van der Waals surface area contributed by atoms with Crippen LogP contribution in [0, 0.1) is 0 Å². The van der Waals surface area contributed by atoms with Gasteiger partial charge >= 0.3 is 6.36 Å². The number of sulfone groups is 1. The van der Waals surface area contributed by atoms with Gasteiger partial charge in [-0.1, -0.05) is 12.1 Å². The van der Waals surface area contributed by atoms with E-state index in [2.05, 4.69) is 15.4 Å². The second kappa shape index (κ2) is 9.41. The van der Waals surface area contributed by atoms with E-state index >= 15 is 0 Å². The minimum Gasteiger partial charge on any atom is -0.507 e. The lowest BCUT2D eigenvalue weighted by Gasteiger charge is -2.11. The highest BCUT2D eigenvalue weighted by atomic mass is 32.2.